The fraction of sp³-hybridized carbons (Fsp3) is 0.250. The molecule has 0 aromatic heterocycles. The highest BCUT2D eigenvalue weighted by Crippen LogP contribution is 2.31. The van der Waals surface area contributed by atoms with E-state index in [4.69, 9.17) is 0 Å². The maximum absolute atomic E-state index is 12.6. The Kier molecular flexibility index (Phi) is 3.26. The fourth-order valence-corrected chi connectivity index (χ4v) is 4.19. The molecule has 0 saturated carbocycles. The molecule has 104 valence electrons. The van der Waals surface area contributed by atoms with E-state index in [1.54, 1.807) is 4.31 Å². The van der Waals surface area contributed by atoms with Crippen LogP contribution in [0.2, 0.25) is 0 Å². The van der Waals surface area contributed by atoms with Crippen LogP contribution in [0.1, 0.15) is 16.7 Å². The number of hydrogen-bond acceptors (Lipinski definition) is 2. The van der Waals surface area contributed by atoms with Gasteiger partial charge in [-0.15, -0.1) is 0 Å². The number of hydrogen-bond donors (Lipinski definition) is 0. The van der Waals surface area contributed by atoms with Crippen molar-refractivity contribution in [2.24, 2.45) is 0 Å². The van der Waals surface area contributed by atoms with E-state index in [0.29, 0.717) is 6.54 Å². The van der Waals surface area contributed by atoms with Gasteiger partial charge < -0.3 is 0 Å². The summed E-state index contributed by atoms with van der Waals surface area (Å²) in [5, 5.41) is 0. The van der Waals surface area contributed by atoms with Crippen LogP contribution in [0.4, 0.5) is 5.69 Å². The molecule has 1 aliphatic rings. The summed E-state index contributed by atoms with van der Waals surface area (Å²) in [4.78, 5) is 0. The quantitative estimate of drug-likeness (QED) is 0.870. The van der Waals surface area contributed by atoms with Crippen molar-refractivity contribution in [1.82, 2.24) is 0 Å². The van der Waals surface area contributed by atoms with E-state index >= 15 is 0 Å². The number of sulfonamides is 1. The highest BCUT2D eigenvalue weighted by atomic mass is 32.2. The third-order valence-electron chi connectivity index (χ3n) is 3.65. The predicted molar refractivity (Wildman–Crippen MR) is 81.3 cm³/mol. The first kappa shape index (κ1) is 13.2. The summed E-state index contributed by atoms with van der Waals surface area (Å²) in [7, 11) is -3.31. The zero-order valence-electron chi connectivity index (χ0n) is 11.4. The zero-order valence-corrected chi connectivity index (χ0v) is 12.2. The molecule has 0 fully saturated rings. The Morgan fingerprint density at radius 1 is 1.05 bits per heavy atom. The molecular weight excluding hydrogens is 270 g/mol. The molecule has 4 heteroatoms. The molecule has 20 heavy (non-hydrogen) atoms. The van der Waals surface area contributed by atoms with Crippen molar-refractivity contribution in [3.05, 3.63) is 65.2 Å². The van der Waals surface area contributed by atoms with Crippen molar-refractivity contribution in [3.8, 4) is 0 Å². The number of rotatable bonds is 3. The van der Waals surface area contributed by atoms with Gasteiger partial charge in [0, 0.05) is 6.54 Å². The van der Waals surface area contributed by atoms with Crippen LogP contribution in [0.3, 0.4) is 0 Å². The average molecular weight is 287 g/mol. The molecule has 2 aromatic carbocycles. The molecule has 0 radical (unpaired) electrons. The lowest BCUT2D eigenvalue weighted by Gasteiger charge is -2.19. The molecule has 1 aliphatic heterocycles. The van der Waals surface area contributed by atoms with Gasteiger partial charge in [0.1, 0.15) is 0 Å². The van der Waals surface area contributed by atoms with Crippen LogP contribution in [-0.4, -0.2) is 15.0 Å². The summed E-state index contributed by atoms with van der Waals surface area (Å²) in [5.41, 5.74) is 3.91. The molecule has 0 saturated heterocycles. The van der Waals surface area contributed by atoms with E-state index in [0.717, 1.165) is 28.8 Å². The molecule has 3 nitrogen and oxygen atoms in total. The summed E-state index contributed by atoms with van der Waals surface area (Å²) in [5.74, 6) is 0.0572. The van der Waals surface area contributed by atoms with E-state index in [9.17, 15) is 8.42 Å². The number of anilines is 1. The smallest absolute Gasteiger partial charge is 0.239 e. The van der Waals surface area contributed by atoms with E-state index in [1.165, 1.54) is 0 Å². The molecule has 3 rings (SSSR count). The third kappa shape index (κ3) is 2.43. The summed E-state index contributed by atoms with van der Waals surface area (Å²) < 4.78 is 26.7. The van der Waals surface area contributed by atoms with Gasteiger partial charge in [-0.3, -0.25) is 4.31 Å². The van der Waals surface area contributed by atoms with Gasteiger partial charge in [-0.25, -0.2) is 8.42 Å². The Balaban J connectivity index is 1.88. The van der Waals surface area contributed by atoms with Crippen molar-refractivity contribution < 1.29 is 8.42 Å². The van der Waals surface area contributed by atoms with E-state index < -0.39 is 10.0 Å². The second-order valence-corrected chi connectivity index (χ2v) is 7.09. The Morgan fingerprint density at radius 2 is 1.75 bits per heavy atom. The highest BCUT2D eigenvalue weighted by molar-refractivity contribution is 7.92. The molecule has 0 unspecified atom stereocenters. The zero-order chi connectivity index (χ0) is 14.2. The van der Waals surface area contributed by atoms with Gasteiger partial charge in [0.05, 0.1) is 11.4 Å². The van der Waals surface area contributed by atoms with Gasteiger partial charge in [0.15, 0.2) is 0 Å². The Bertz CT molecular complexity index is 720. The SMILES string of the molecule is Cc1ccc(CS(=O)(=O)N2CCc3ccccc32)cc1. The molecule has 0 amide bonds. The fourth-order valence-electron chi connectivity index (χ4n) is 2.57. The minimum Gasteiger partial charge on any atom is -0.269 e. The Hall–Kier alpha value is -1.81. The first-order chi connectivity index (χ1) is 9.56. The first-order valence-corrected chi connectivity index (χ1v) is 8.31. The largest absolute Gasteiger partial charge is 0.269 e. The number of benzene rings is 2. The van der Waals surface area contributed by atoms with Crippen LogP contribution < -0.4 is 4.31 Å². The minimum atomic E-state index is -3.31. The van der Waals surface area contributed by atoms with Gasteiger partial charge in [0.2, 0.25) is 10.0 Å². The van der Waals surface area contributed by atoms with Crippen molar-refractivity contribution in [2.45, 2.75) is 19.1 Å². The molecule has 2 aromatic rings. The first-order valence-electron chi connectivity index (χ1n) is 6.70. The van der Waals surface area contributed by atoms with Crippen molar-refractivity contribution in [2.75, 3.05) is 10.8 Å². The molecule has 0 aliphatic carbocycles. The number of aryl methyl sites for hydroxylation is 1. The van der Waals surface area contributed by atoms with Crippen LogP contribution >= 0.6 is 0 Å². The Morgan fingerprint density at radius 3 is 2.50 bits per heavy atom. The molecule has 0 bridgehead atoms. The van der Waals surface area contributed by atoms with Gasteiger partial charge in [0.25, 0.3) is 0 Å². The molecular formula is C16H17NO2S. The summed E-state index contributed by atoms with van der Waals surface area (Å²) in [6.45, 7) is 2.54. The standard InChI is InChI=1S/C16H17NO2S/c1-13-6-8-14(9-7-13)12-20(18,19)17-11-10-15-4-2-3-5-16(15)17/h2-9H,10-12H2,1H3. The number of para-hydroxylation sites is 1. The van der Waals surface area contributed by atoms with Crippen LogP contribution in [0.15, 0.2) is 48.5 Å². The van der Waals surface area contributed by atoms with Crippen molar-refractivity contribution in [3.63, 3.8) is 0 Å². The summed E-state index contributed by atoms with van der Waals surface area (Å²) in [6.07, 6.45) is 0.795. The predicted octanol–water partition coefficient (Wildman–Crippen LogP) is 2.89. The van der Waals surface area contributed by atoms with E-state index in [-0.39, 0.29) is 5.75 Å². The van der Waals surface area contributed by atoms with Gasteiger partial charge in [-0.05, 0) is 30.5 Å². The van der Waals surface area contributed by atoms with Gasteiger partial charge >= 0.3 is 0 Å². The van der Waals surface area contributed by atoms with Crippen LogP contribution in [0.25, 0.3) is 0 Å². The second kappa shape index (κ2) is 4.94. The van der Waals surface area contributed by atoms with Crippen LogP contribution in [-0.2, 0) is 22.2 Å². The number of fused-ring (bicyclic) bond motifs is 1. The average Bonchev–Trinajstić information content (AvgIpc) is 2.86. The van der Waals surface area contributed by atoms with E-state index in [2.05, 4.69) is 0 Å². The lowest BCUT2D eigenvalue weighted by molar-refractivity contribution is 0.591. The van der Waals surface area contributed by atoms with Gasteiger partial charge in [-0.2, -0.15) is 0 Å². The number of nitrogens with zero attached hydrogens (tertiary/aromatic N) is 1. The molecule has 0 atom stereocenters. The third-order valence-corrected chi connectivity index (χ3v) is 5.40. The van der Waals surface area contributed by atoms with Crippen molar-refractivity contribution >= 4 is 15.7 Å². The van der Waals surface area contributed by atoms with E-state index in [1.807, 2.05) is 55.5 Å². The van der Waals surface area contributed by atoms with Crippen molar-refractivity contribution in [1.29, 1.82) is 0 Å². The van der Waals surface area contributed by atoms with Crippen LogP contribution in [0, 0.1) is 6.92 Å². The lowest BCUT2D eigenvalue weighted by Crippen LogP contribution is -2.30. The normalized spacial score (nSPS) is 14.3. The topological polar surface area (TPSA) is 37.4 Å². The van der Waals surface area contributed by atoms with Crippen LogP contribution in [0.5, 0.6) is 0 Å². The Labute approximate surface area is 119 Å². The molecule has 1 heterocycles. The lowest BCUT2D eigenvalue weighted by atomic mass is 10.2. The maximum Gasteiger partial charge on any atom is 0.239 e. The summed E-state index contributed by atoms with van der Waals surface area (Å²) >= 11 is 0. The monoisotopic (exact) mass is 287 g/mol. The summed E-state index contributed by atoms with van der Waals surface area (Å²) in [6, 6.07) is 15.4. The van der Waals surface area contributed by atoms with Gasteiger partial charge in [-0.1, -0.05) is 48.0 Å². The maximum atomic E-state index is 12.6. The second-order valence-electron chi connectivity index (χ2n) is 5.19. The molecule has 0 N–H and O–H groups in total. The highest BCUT2D eigenvalue weighted by Gasteiger charge is 2.28. The molecule has 0 spiro atoms. The minimum absolute atomic E-state index is 0.0572.